The van der Waals surface area contributed by atoms with Gasteiger partial charge in [-0.25, -0.2) is 4.79 Å². The Morgan fingerprint density at radius 2 is 1.96 bits per heavy atom. The molecule has 0 radical (unpaired) electrons. The van der Waals surface area contributed by atoms with Crippen molar-refractivity contribution in [3.63, 3.8) is 0 Å². The molecule has 4 rings (SSSR count). The smallest absolute Gasteiger partial charge is 0.339 e. The van der Waals surface area contributed by atoms with E-state index in [0.717, 1.165) is 31.5 Å². The van der Waals surface area contributed by atoms with Gasteiger partial charge >= 0.3 is 5.97 Å². The van der Waals surface area contributed by atoms with E-state index in [-0.39, 0.29) is 11.9 Å². The largest absolute Gasteiger partial charge is 0.465 e. The molecule has 2 aromatic carbocycles. The van der Waals surface area contributed by atoms with E-state index in [1.54, 1.807) is 0 Å². The lowest BCUT2D eigenvalue weighted by atomic mass is 9.74. The number of nitrogens with zero attached hydrogens (tertiary/aromatic N) is 1. The van der Waals surface area contributed by atoms with Gasteiger partial charge < -0.3 is 15.0 Å². The normalized spacial score (nSPS) is 21.5. The van der Waals surface area contributed by atoms with Gasteiger partial charge in [0.05, 0.1) is 17.7 Å². The van der Waals surface area contributed by atoms with Gasteiger partial charge in [-0.2, -0.15) is 0 Å². The van der Waals surface area contributed by atoms with E-state index >= 15 is 0 Å². The zero-order valence-electron chi connectivity index (χ0n) is 16.0. The Morgan fingerprint density at radius 1 is 1.19 bits per heavy atom. The molecule has 0 spiro atoms. The van der Waals surface area contributed by atoms with Crippen molar-refractivity contribution in [2.45, 2.75) is 31.2 Å². The maximum absolute atomic E-state index is 12.2. The molecule has 4 nitrogen and oxygen atoms in total. The van der Waals surface area contributed by atoms with E-state index in [9.17, 15) is 4.79 Å². The second kappa shape index (κ2) is 7.17. The summed E-state index contributed by atoms with van der Waals surface area (Å²) in [7, 11) is 5.56. The summed E-state index contributed by atoms with van der Waals surface area (Å²) < 4.78 is 4.95. The van der Waals surface area contributed by atoms with Crippen molar-refractivity contribution in [3.8, 4) is 0 Å². The van der Waals surface area contributed by atoms with Crippen molar-refractivity contribution in [3.05, 3.63) is 63.2 Å². The number of nitrogens with one attached hydrogen (secondary N) is 1. The van der Waals surface area contributed by atoms with Gasteiger partial charge in [0.15, 0.2) is 0 Å². The SMILES string of the molecule is CNc1ccc2c(c1)CCC1C2c2cc(C(=O)OC)c(Cl)cc2CCN1C. The summed E-state index contributed by atoms with van der Waals surface area (Å²) in [6.45, 7) is 0.992. The Balaban J connectivity index is 1.91. The third kappa shape index (κ3) is 3.11. The third-order valence-corrected chi connectivity index (χ3v) is 6.44. The summed E-state index contributed by atoms with van der Waals surface area (Å²) in [6, 6.07) is 11.0. The Bertz CT molecular complexity index is 896. The number of hydrogen-bond donors (Lipinski definition) is 1. The number of carbonyl (C=O) groups is 1. The summed E-state index contributed by atoms with van der Waals surface area (Å²) in [4.78, 5) is 14.7. The fraction of sp³-hybridized carbons (Fsp3) is 0.409. The number of ether oxygens (including phenoxy) is 1. The Hall–Kier alpha value is -2.04. The number of methoxy groups -OCH3 is 1. The second-order valence-electron chi connectivity index (χ2n) is 7.50. The second-order valence-corrected chi connectivity index (χ2v) is 7.91. The van der Waals surface area contributed by atoms with Crippen LogP contribution in [-0.4, -0.2) is 44.7 Å². The molecule has 0 saturated carbocycles. The number of hydrogen-bond acceptors (Lipinski definition) is 4. The summed E-state index contributed by atoms with van der Waals surface area (Å²) >= 11 is 6.42. The van der Waals surface area contributed by atoms with E-state index in [1.165, 1.54) is 29.4 Å². The van der Waals surface area contributed by atoms with Crippen molar-refractivity contribution < 1.29 is 9.53 Å². The lowest BCUT2D eigenvalue weighted by molar-refractivity contribution is 0.0600. The van der Waals surface area contributed by atoms with Gasteiger partial charge in [-0.3, -0.25) is 0 Å². The highest BCUT2D eigenvalue weighted by Gasteiger charge is 2.37. The standard InChI is InChI=1S/C22H25ClN2O2/c1-24-15-5-6-16-13(10-15)4-7-20-21(16)17-12-18(22(26)27-3)19(23)11-14(17)8-9-25(20)2/h5-6,10-12,20-21,24H,4,7-9H2,1-3H3. The van der Waals surface area contributed by atoms with Gasteiger partial charge in [-0.1, -0.05) is 17.7 Å². The van der Waals surface area contributed by atoms with Gasteiger partial charge in [-0.15, -0.1) is 0 Å². The van der Waals surface area contributed by atoms with Gasteiger partial charge in [0.25, 0.3) is 0 Å². The van der Waals surface area contributed by atoms with Crippen LogP contribution in [-0.2, 0) is 17.6 Å². The quantitative estimate of drug-likeness (QED) is 0.791. The fourth-order valence-corrected chi connectivity index (χ4v) is 4.94. The average molecular weight is 385 g/mol. The molecule has 1 aliphatic carbocycles. The van der Waals surface area contributed by atoms with Gasteiger partial charge in [-0.05, 0) is 72.8 Å². The summed E-state index contributed by atoms with van der Waals surface area (Å²) in [5.41, 5.74) is 6.79. The van der Waals surface area contributed by atoms with Crippen LogP contribution in [0.15, 0.2) is 30.3 Å². The number of anilines is 1. The van der Waals surface area contributed by atoms with Crippen LogP contribution >= 0.6 is 11.6 Å². The number of benzene rings is 2. The van der Waals surface area contributed by atoms with Gasteiger partial charge in [0.2, 0.25) is 0 Å². The first-order valence-electron chi connectivity index (χ1n) is 9.45. The highest BCUT2D eigenvalue weighted by molar-refractivity contribution is 6.33. The molecular weight excluding hydrogens is 360 g/mol. The molecule has 2 aliphatic rings. The van der Waals surface area contributed by atoms with Crippen LogP contribution in [0.4, 0.5) is 5.69 Å². The monoisotopic (exact) mass is 384 g/mol. The van der Waals surface area contributed by atoms with Crippen molar-refractivity contribution in [1.82, 2.24) is 4.90 Å². The average Bonchev–Trinajstić information content (AvgIpc) is 2.83. The molecule has 0 bridgehead atoms. The van der Waals surface area contributed by atoms with Crippen molar-refractivity contribution in [1.29, 1.82) is 0 Å². The van der Waals surface area contributed by atoms with E-state index in [0.29, 0.717) is 16.6 Å². The Kier molecular flexibility index (Phi) is 4.87. The fourth-order valence-electron chi connectivity index (χ4n) is 4.67. The third-order valence-electron chi connectivity index (χ3n) is 6.13. The molecule has 0 fully saturated rings. The molecule has 142 valence electrons. The van der Waals surface area contributed by atoms with Crippen LogP contribution in [0, 0.1) is 0 Å². The number of rotatable bonds is 2. The molecule has 2 unspecified atom stereocenters. The predicted molar refractivity (Wildman–Crippen MR) is 109 cm³/mol. The van der Waals surface area contributed by atoms with E-state index < -0.39 is 0 Å². The first-order valence-corrected chi connectivity index (χ1v) is 9.82. The summed E-state index contributed by atoms with van der Waals surface area (Å²) in [6.07, 6.45) is 3.12. The number of carbonyl (C=O) groups excluding carboxylic acids is 1. The zero-order chi connectivity index (χ0) is 19.1. The predicted octanol–water partition coefficient (Wildman–Crippen LogP) is 4.10. The first kappa shape index (κ1) is 18.3. The lowest BCUT2D eigenvalue weighted by Crippen LogP contribution is -2.39. The van der Waals surface area contributed by atoms with Gasteiger partial charge in [0.1, 0.15) is 0 Å². The molecule has 27 heavy (non-hydrogen) atoms. The molecule has 1 heterocycles. The molecule has 0 aromatic heterocycles. The van der Waals surface area contributed by atoms with Crippen molar-refractivity contribution >= 4 is 23.3 Å². The van der Waals surface area contributed by atoms with Crippen molar-refractivity contribution in [2.24, 2.45) is 0 Å². The lowest BCUT2D eigenvalue weighted by Gasteiger charge is -2.38. The minimum Gasteiger partial charge on any atom is -0.465 e. The molecule has 1 N–H and O–H groups in total. The number of halogens is 1. The molecule has 2 aromatic rings. The van der Waals surface area contributed by atoms with Crippen LogP contribution in [0.1, 0.15) is 45.0 Å². The number of fused-ring (bicyclic) bond motifs is 5. The minimum absolute atomic E-state index is 0.239. The maximum Gasteiger partial charge on any atom is 0.339 e. The van der Waals surface area contributed by atoms with E-state index in [1.807, 2.05) is 19.2 Å². The molecule has 0 amide bonds. The molecule has 0 saturated heterocycles. The Labute approximate surface area is 165 Å². The minimum atomic E-state index is -0.376. The highest BCUT2D eigenvalue weighted by atomic mass is 35.5. The van der Waals surface area contributed by atoms with Crippen LogP contribution in [0.3, 0.4) is 0 Å². The van der Waals surface area contributed by atoms with Gasteiger partial charge in [0, 0.05) is 31.2 Å². The van der Waals surface area contributed by atoms with Crippen LogP contribution in [0.2, 0.25) is 5.02 Å². The molecule has 5 heteroatoms. The number of likely N-dealkylation sites (N-methyl/N-ethyl adjacent to an activating group) is 1. The van der Waals surface area contributed by atoms with E-state index in [2.05, 4.69) is 35.5 Å². The summed E-state index contributed by atoms with van der Waals surface area (Å²) in [5, 5.41) is 3.71. The van der Waals surface area contributed by atoms with Crippen LogP contribution in [0.5, 0.6) is 0 Å². The number of aryl methyl sites for hydroxylation is 1. The van der Waals surface area contributed by atoms with Crippen LogP contribution < -0.4 is 5.32 Å². The first-order chi connectivity index (χ1) is 13.0. The summed E-state index contributed by atoms with van der Waals surface area (Å²) in [5.74, 6) is -0.138. The molecule has 2 atom stereocenters. The van der Waals surface area contributed by atoms with Crippen LogP contribution in [0.25, 0.3) is 0 Å². The zero-order valence-corrected chi connectivity index (χ0v) is 16.8. The highest BCUT2D eigenvalue weighted by Crippen LogP contribution is 2.44. The maximum atomic E-state index is 12.2. The topological polar surface area (TPSA) is 41.6 Å². The number of esters is 1. The van der Waals surface area contributed by atoms with E-state index in [4.69, 9.17) is 16.3 Å². The molecule has 1 aliphatic heterocycles. The van der Waals surface area contributed by atoms with Crippen molar-refractivity contribution in [2.75, 3.05) is 33.1 Å². The molecular formula is C22H25ClN2O2. The Morgan fingerprint density at radius 3 is 2.70 bits per heavy atom.